The first-order valence-electron chi connectivity index (χ1n) is 21.4. The van der Waals surface area contributed by atoms with Crippen LogP contribution in [0.15, 0.2) is 48.6 Å². The lowest BCUT2D eigenvalue weighted by molar-refractivity contribution is -0.267. The lowest BCUT2D eigenvalue weighted by Crippen LogP contribution is -2.29. The number of hydrogen-bond acceptors (Lipinski definition) is 10. The van der Waals surface area contributed by atoms with Crippen LogP contribution in [0.4, 0.5) is 0 Å². The van der Waals surface area contributed by atoms with Crippen molar-refractivity contribution in [1.82, 2.24) is 0 Å². The van der Waals surface area contributed by atoms with Crippen molar-refractivity contribution in [2.75, 3.05) is 26.4 Å². The average Bonchev–Trinajstić information content (AvgIpc) is 3.17. The van der Waals surface area contributed by atoms with Crippen molar-refractivity contribution in [2.45, 2.75) is 187 Å². The monoisotopic (exact) mass is 800 g/mol. The molecular weight excluding hydrogens is 721 g/mol. The number of rotatable bonds is 40. The first-order chi connectivity index (χ1) is 26.8. The lowest BCUT2D eigenvalue weighted by atomic mass is 10.0. The van der Waals surface area contributed by atoms with E-state index in [1.54, 1.807) is 0 Å². The van der Waals surface area contributed by atoms with Gasteiger partial charge in [-0.05, 0) is 38.5 Å². The molecule has 55 heavy (non-hydrogen) atoms. The highest BCUT2D eigenvalue weighted by Gasteiger charge is 2.26. The second-order valence-electron chi connectivity index (χ2n) is 14.1. The van der Waals surface area contributed by atoms with Gasteiger partial charge < -0.3 is 20.1 Å². The first kappa shape index (κ1) is 52.9. The van der Waals surface area contributed by atoms with Crippen LogP contribution in [0.1, 0.15) is 174 Å². The Morgan fingerprint density at radius 2 is 1.20 bits per heavy atom. The topological polar surface area (TPSA) is 164 Å². The minimum absolute atomic E-state index is 0.0338. The largest absolute Gasteiger partial charge is 0.472 e. The number of hydrogen-bond donors (Lipinski definition) is 3. The highest BCUT2D eigenvalue weighted by molar-refractivity contribution is 7.47. The maximum absolute atomic E-state index is 12.6. The number of unbranched alkanes of at least 4 members (excludes halogenated alkanes) is 17. The number of carbonyl (C=O) groups is 2. The van der Waals surface area contributed by atoms with E-state index in [0.29, 0.717) is 12.8 Å². The van der Waals surface area contributed by atoms with E-state index in [9.17, 15) is 19.0 Å². The molecule has 1 unspecified atom stereocenters. The predicted molar refractivity (Wildman–Crippen MR) is 222 cm³/mol. The van der Waals surface area contributed by atoms with Crippen LogP contribution in [-0.2, 0) is 37.6 Å². The summed E-state index contributed by atoms with van der Waals surface area (Å²) in [7, 11) is -4.41. The summed E-state index contributed by atoms with van der Waals surface area (Å²) in [6, 6.07) is 0. The fourth-order valence-electron chi connectivity index (χ4n) is 5.70. The number of carbonyl (C=O) groups excluding carboxylic acids is 2. The van der Waals surface area contributed by atoms with Crippen molar-refractivity contribution < 1.29 is 47.7 Å². The van der Waals surface area contributed by atoms with Gasteiger partial charge in [-0.15, -0.1) is 0 Å². The Hall–Kier alpha value is -2.11. The highest BCUT2D eigenvalue weighted by Crippen LogP contribution is 2.43. The molecule has 0 aromatic heterocycles. The maximum Gasteiger partial charge on any atom is 0.472 e. The molecule has 0 aromatic carbocycles. The second kappa shape index (κ2) is 40.1. The third kappa shape index (κ3) is 38.5. The molecule has 0 aliphatic carbocycles. The van der Waals surface area contributed by atoms with E-state index in [-0.39, 0.29) is 38.7 Å². The maximum atomic E-state index is 12.6. The molecule has 0 rings (SSSR count). The zero-order chi connectivity index (χ0) is 40.5. The Morgan fingerprint density at radius 3 is 1.80 bits per heavy atom. The van der Waals surface area contributed by atoms with Crippen molar-refractivity contribution >= 4 is 19.8 Å². The summed E-state index contributed by atoms with van der Waals surface area (Å²) in [5.41, 5.74) is 5.34. The predicted octanol–water partition coefficient (Wildman–Crippen LogP) is 11.4. The summed E-state index contributed by atoms with van der Waals surface area (Å²) >= 11 is 0. The standard InChI is InChI=1S/C43H78NO10P/c1-3-5-7-8-9-10-11-12-13-14-17-20-23-26-30-34-42(45)50-38-41(39-52-55(48,49)51-37-36-44)53-43(46)35-31-27-24-21-18-15-16-19-22-25-29-33-40(54-47)32-28-6-4-2/h15-16,21-22,24-25,29,33,40-41,47H,3-14,17-20,23,26-28,30-32,34-39,44H2,1-2H3,(H,48,49)/b16-15+,24-21+,25-22+,33-29+/t40-,41+/m0/s1. The molecule has 3 atom stereocenters. The SMILES string of the molecule is CCCCCCCCCCCCCCCCCC(=O)OC[C@H](COP(=O)(O)OCCN)OC(=O)CCC/C=C/C/C=C/C/C=C/C=C/[C@H](CCCCC)OO. The van der Waals surface area contributed by atoms with Crippen LogP contribution < -0.4 is 5.73 Å². The summed E-state index contributed by atoms with van der Waals surface area (Å²) in [4.78, 5) is 39.3. The molecule has 0 fully saturated rings. The van der Waals surface area contributed by atoms with Crippen molar-refractivity contribution in [3.05, 3.63) is 48.6 Å². The third-order valence-electron chi connectivity index (χ3n) is 8.94. The Kier molecular flexibility index (Phi) is 38.6. The van der Waals surface area contributed by atoms with E-state index >= 15 is 0 Å². The lowest BCUT2D eigenvalue weighted by Gasteiger charge is -2.19. The number of nitrogens with two attached hydrogens (primary N) is 1. The van der Waals surface area contributed by atoms with Crippen molar-refractivity contribution in [2.24, 2.45) is 5.73 Å². The molecule has 0 saturated heterocycles. The van der Waals surface area contributed by atoms with Gasteiger partial charge >= 0.3 is 19.8 Å². The molecule has 0 amide bonds. The molecule has 0 spiro atoms. The number of phosphoric ester groups is 1. The number of esters is 2. The molecule has 11 nitrogen and oxygen atoms in total. The van der Waals surface area contributed by atoms with E-state index in [4.69, 9.17) is 29.5 Å². The minimum atomic E-state index is -4.41. The second-order valence-corrected chi connectivity index (χ2v) is 15.6. The first-order valence-corrected chi connectivity index (χ1v) is 22.9. The van der Waals surface area contributed by atoms with Crippen LogP contribution >= 0.6 is 7.82 Å². The molecule has 12 heteroatoms. The Bertz CT molecular complexity index is 1060. The summed E-state index contributed by atoms with van der Waals surface area (Å²) in [5, 5.41) is 8.99. The fourth-order valence-corrected chi connectivity index (χ4v) is 6.46. The van der Waals surface area contributed by atoms with E-state index < -0.39 is 32.5 Å². The van der Waals surface area contributed by atoms with Crippen molar-refractivity contribution in [1.29, 1.82) is 0 Å². The van der Waals surface area contributed by atoms with Crippen LogP contribution in [0.5, 0.6) is 0 Å². The Labute approximate surface area is 334 Å². The normalized spacial score (nSPS) is 14.3. The zero-order valence-electron chi connectivity index (χ0n) is 34.5. The van der Waals surface area contributed by atoms with Gasteiger partial charge in [0.25, 0.3) is 0 Å². The van der Waals surface area contributed by atoms with Gasteiger partial charge in [0.05, 0.1) is 13.2 Å². The van der Waals surface area contributed by atoms with Gasteiger partial charge in [0.1, 0.15) is 12.7 Å². The molecule has 0 bridgehead atoms. The summed E-state index contributed by atoms with van der Waals surface area (Å²) in [5.74, 6) is -0.927. The van der Waals surface area contributed by atoms with E-state index in [1.807, 2.05) is 36.5 Å². The van der Waals surface area contributed by atoms with E-state index in [2.05, 4.69) is 30.9 Å². The van der Waals surface area contributed by atoms with Gasteiger partial charge in [0.15, 0.2) is 6.10 Å². The average molecular weight is 800 g/mol. The minimum Gasteiger partial charge on any atom is -0.462 e. The molecule has 0 saturated carbocycles. The third-order valence-corrected chi connectivity index (χ3v) is 9.92. The molecule has 4 N–H and O–H groups in total. The highest BCUT2D eigenvalue weighted by atomic mass is 31.2. The van der Waals surface area contributed by atoms with Gasteiger partial charge in [0, 0.05) is 19.4 Å². The fraction of sp³-hybridized carbons (Fsp3) is 0.767. The van der Waals surface area contributed by atoms with Crippen LogP contribution in [0, 0.1) is 0 Å². The van der Waals surface area contributed by atoms with E-state index in [1.165, 1.54) is 77.0 Å². The summed E-state index contributed by atoms with van der Waals surface area (Å²) in [6.45, 7) is 3.50. The van der Waals surface area contributed by atoms with Crippen LogP contribution in [0.25, 0.3) is 0 Å². The number of allylic oxidation sites excluding steroid dienone is 7. The van der Waals surface area contributed by atoms with Gasteiger partial charge in [0.2, 0.25) is 0 Å². The van der Waals surface area contributed by atoms with Crippen LogP contribution in [-0.4, -0.2) is 60.7 Å². The quantitative estimate of drug-likeness (QED) is 0.0103. The van der Waals surface area contributed by atoms with Gasteiger partial charge in [-0.1, -0.05) is 172 Å². The number of ether oxygens (including phenoxy) is 2. The zero-order valence-corrected chi connectivity index (χ0v) is 35.4. The molecule has 0 aromatic rings. The Morgan fingerprint density at radius 1 is 0.655 bits per heavy atom. The van der Waals surface area contributed by atoms with Crippen molar-refractivity contribution in [3.8, 4) is 0 Å². The molecule has 0 aliphatic rings. The van der Waals surface area contributed by atoms with Crippen molar-refractivity contribution in [3.63, 3.8) is 0 Å². The summed E-state index contributed by atoms with van der Waals surface area (Å²) in [6.07, 6.45) is 40.3. The van der Waals surface area contributed by atoms with Gasteiger partial charge in [-0.2, -0.15) is 0 Å². The van der Waals surface area contributed by atoms with E-state index in [0.717, 1.165) is 57.8 Å². The molecule has 0 heterocycles. The smallest absolute Gasteiger partial charge is 0.462 e. The molecule has 320 valence electrons. The Balaban J connectivity index is 4.34. The summed E-state index contributed by atoms with van der Waals surface area (Å²) < 4.78 is 32.7. The molecular formula is C43H78NO10P. The van der Waals surface area contributed by atoms with Gasteiger partial charge in [-0.25, -0.2) is 9.45 Å². The van der Waals surface area contributed by atoms with Crippen LogP contribution in [0.2, 0.25) is 0 Å². The van der Waals surface area contributed by atoms with Gasteiger partial charge in [-0.3, -0.25) is 23.9 Å². The molecule has 0 aliphatic heterocycles. The molecule has 0 radical (unpaired) electrons. The van der Waals surface area contributed by atoms with Crippen LogP contribution in [0.3, 0.4) is 0 Å². The number of phosphoric acid groups is 1.